The highest BCUT2D eigenvalue weighted by Crippen LogP contribution is 2.20. The van der Waals surface area contributed by atoms with Gasteiger partial charge in [-0.3, -0.25) is 4.40 Å². The molecular formula is C8H5N4. The Kier molecular flexibility index (Phi) is 0.889. The third-order valence-corrected chi connectivity index (χ3v) is 1.89. The van der Waals surface area contributed by atoms with E-state index >= 15 is 0 Å². The maximum absolute atomic E-state index is 4.15. The molecule has 0 atom stereocenters. The second-order valence-corrected chi connectivity index (χ2v) is 2.57. The zero-order valence-corrected chi connectivity index (χ0v) is 6.18. The first-order valence-electron chi connectivity index (χ1n) is 3.64. The second kappa shape index (κ2) is 1.85. The lowest BCUT2D eigenvalue weighted by Crippen LogP contribution is -1.94. The fourth-order valence-electron chi connectivity index (χ4n) is 1.34. The van der Waals surface area contributed by atoms with Crippen molar-refractivity contribution >= 4 is 17.5 Å². The summed E-state index contributed by atoms with van der Waals surface area (Å²) in [6, 6.07) is 0. The standard InChI is InChI=1S/C8H5N4/c1-2-10-8-6(1)12-4-3-9-7(12)5-11-8/h1-5H. The third-order valence-electron chi connectivity index (χ3n) is 1.89. The quantitative estimate of drug-likeness (QED) is 0.571. The van der Waals surface area contributed by atoms with Crippen molar-refractivity contribution < 1.29 is 0 Å². The summed E-state index contributed by atoms with van der Waals surface area (Å²) in [7, 11) is 0. The molecule has 0 aliphatic carbocycles. The van der Waals surface area contributed by atoms with Gasteiger partial charge >= 0.3 is 0 Å². The summed E-state index contributed by atoms with van der Waals surface area (Å²) in [5.74, 6) is 0.764. The summed E-state index contributed by atoms with van der Waals surface area (Å²) in [6.45, 7) is 0. The number of aromatic nitrogens is 3. The van der Waals surface area contributed by atoms with Gasteiger partial charge in [-0.1, -0.05) is 0 Å². The maximum atomic E-state index is 4.15. The van der Waals surface area contributed by atoms with Crippen LogP contribution in [0, 0.1) is 0 Å². The molecule has 2 aromatic heterocycles. The Labute approximate surface area is 68.6 Å². The predicted octanol–water partition coefficient (Wildman–Crippen LogP) is 0.949. The Bertz CT molecular complexity index is 469. The molecule has 3 rings (SSSR count). The zero-order chi connectivity index (χ0) is 7.97. The smallest absolute Gasteiger partial charge is 0.176 e. The Balaban J connectivity index is 2.52. The summed E-state index contributed by atoms with van der Waals surface area (Å²) in [4.78, 5) is 8.27. The van der Waals surface area contributed by atoms with E-state index in [0.29, 0.717) is 0 Å². The molecule has 12 heavy (non-hydrogen) atoms. The molecule has 0 N–H and O–H groups in total. The summed E-state index contributed by atoms with van der Waals surface area (Å²) in [6.07, 6.45) is 9.05. The van der Waals surface area contributed by atoms with Gasteiger partial charge in [0.05, 0.1) is 11.9 Å². The molecular weight excluding hydrogens is 152 g/mol. The SMILES string of the molecule is C1=Cc2c(ncc3nccn23)[N]1. The van der Waals surface area contributed by atoms with Gasteiger partial charge < -0.3 is 0 Å². The van der Waals surface area contributed by atoms with Crippen molar-refractivity contribution in [2.75, 3.05) is 0 Å². The first kappa shape index (κ1) is 5.77. The van der Waals surface area contributed by atoms with Gasteiger partial charge in [0.1, 0.15) is 0 Å². The topological polar surface area (TPSA) is 44.3 Å². The van der Waals surface area contributed by atoms with Gasteiger partial charge in [-0.25, -0.2) is 15.3 Å². The molecule has 0 spiro atoms. The lowest BCUT2D eigenvalue weighted by atomic mass is 10.4. The number of fused-ring (bicyclic) bond motifs is 3. The molecule has 4 nitrogen and oxygen atoms in total. The molecule has 0 saturated heterocycles. The van der Waals surface area contributed by atoms with E-state index in [4.69, 9.17) is 0 Å². The fraction of sp³-hybridized carbons (Fsp3) is 0. The summed E-state index contributed by atoms with van der Waals surface area (Å²) < 4.78 is 1.97. The molecule has 0 aromatic carbocycles. The summed E-state index contributed by atoms with van der Waals surface area (Å²) in [5.41, 5.74) is 1.86. The predicted molar refractivity (Wildman–Crippen MR) is 43.8 cm³/mol. The highest BCUT2D eigenvalue weighted by molar-refractivity contribution is 5.65. The molecule has 0 saturated carbocycles. The van der Waals surface area contributed by atoms with Crippen molar-refractivity contribution in [1.82, 2.24) is 19.7 Å². The van der Waals surface area contributed by atoms with Crippen LogP contribution in [0.25, 0.3) is 11.7 Å². The number of rotatable bonds is 0. The van der Waals surface area contributed by atoms with E-state index < -0.39 is 0 Å². The Morgan fingerprint density at radius 2 is 2.25 bits per heavy atom. The van der Waals surface area contributed by atoms with Gasteiger partial charge in [-0.2, -0.15) is 0 Å². The average Bonchev–Trinajstić information content (AvgIpc) is 2.71. The van der Waals surface area contributed by atoms with Gasteiger partial charge in [0.25, 0.3) is 0 Å². The lowest BCUT2D eigenvalue weighted by molar-refractivity contribution is 1.05. The normalized spacial score (nSPS) is 13.3. The molecule has 57 valence electrons. The van der Waals surface area contributed by atoms with Crippen molar-refractivity contribution in [1.29, 1.82) is 0 Å². The molecule has 0 bridgehead atoms. The molecule has 1 radical (unpaired) electrons. The second-order valence-electron chi connectivity index (χ2n) is 2.57. The third kappa shape index (κ3) is 0.567. The number of nitrogens with zero attached hydrogens (tertiary/aromatic N) is 4. The molecule has 1 aliphatic heterocycles. The number of hydrogen-bond acceptors (Lipinski definition) is 2. The molecule has 0 fully saturated rings. The minimum absolute atomic E-state index is 0.764. The maximum Gasteiger partial charge on any atom is 0.176 e. The van der Waals surface area contributed by atoms with Crippen LogP contribution < -0.4 is 5.32 Å². The summed E-state index contributed by atoms with van der Waals surface area (Å²) in [5, 5.41) is 4.09. The number of imidazole rings is 1. The van der Waals surface area contributed by atoms with Crippen molar-refractivity contribution in [3.63, 3.8) is 0 Å². The molecule has 1 aliphatic rings. The fourth-order valence-corrected chi connectivity index (χ4v) is 1.34. The van der Waals surface area contributed by atoms with Crippen LogP contribution in [0.15, 0.2) is 24.8 Å². The zero-order valence-electron chi connectivity index (χ0n) is 6.18. The van der Waals surface area contributed by atoms with Crippen molar-refractivity contribution in [3.05, 3.63) is 30.5 Å². The van der Waals surface area contributed by atoms with Gasteiger partial charge in [0, 0.05) is 18.6 Å². The average molecular weight is 157 g/mol. The van der Waals surface area contributed by atoms with E-state index in [1.165, 1.54) is 0 Å². The summed E-state index contributed by atoms with van der Waals surface area (Å²) >= 11 is 0. The monoisotopic (exact) mass is 157 g/mol. The largest absolute Gasteiger partial charge is 0.295 e. The van der Waals surface area contributed by atoms with Crippen molar-refractivity contribution in [2.24, 2.45) is 0 Å². The Morgan fingerprint density at radius 3 is 3.25 bits per heavy atom. The molecule has 0 amide bonds. The van der Waals surface area contributed by atoms with Crippen LogP contribution in [-0.4, -0.2) is 14.4 Å². The first-order valence-corrected chi connectivity index (χ1v) is 3.64. The molecule has 2 aromatic rings. The van der Waals surface area contributed by atoms with Crippen molar-refractivity contribution in [3.8, 4) is 0 Å². The molecule has 0 unspecified atom stereocenters. The Morgan fingerprint density at radius 1 is 1.25 bits per heavy atom. The highest BCUT2D eigenvalue weighted by atomic mass is 15.1. The van der Waals surface area contributed by atoms with Gasteiger partial charge in [-0.15, -0.1) is 0 Å². The number of hydrogen-bond donors (Lipinski definition) is 0. The lowest BCUT2D eigenvalue weighted by Gasteiger charge is -1.98. The van der Waals surface area contributed by atoms with Crippen molar-refractivity contribution in [2.45, 2.75) is 0 Å². The van der Waals surface area contributed by atoms with Gasteiger partial charge in [0.15, 0.2) is 11.5 Å². The van der Waals surface area contributed by atoms with Gasteiger partial charge in [-0.05, 0) is 6.08 Å². The van der Waals surface area contributed by atoms with E-state index in [0.717, 1.165) is 17.2 Å². The van der Waals surface area contributed by atoms with Crippen LogP contribution in [0.1, 0.15) is 5.69 Å². The van der Waals surface area contributed by atoms with E-state index in [1.54, 1.807) is 18.6 Å². The van der Waals surface area contributed by atoms with Crippen LogP contribution in [-0.2, 0) is 0 Å². The Hall–Kier alpha value is -1.84. The van der Waals surface area contributed by atoms with Crippen LogP contribution in [0.5, 0.6) is 0 Å². The van der Waals surface area contributed by atoms with E-state index in [9.17, 15) is 0 Å². The van der Waals surface area contributed by atoms with E-state index in [-0.39, 0.29) is 0 Å². The van der Waals surface area contributed by atoms with Crippen LogP contribution in [0.2, 0.25) is 0 Å². The van der Waals surface area contributed by atoms with Gasteiger partial charge in [0.2, 0.25) is 0 Å². The minimum atomic E-state index is 0.764. The van der Waals surface area contributed by atoms with Crippen LogP contribution in [0.3, 0.4) is 0 Å². The highest BCUT2D eigenvalue weighted by Gasteiger charge is 2.10. The molecule has 4 heteroatoms. The first-order chi connectivity index (χ1) is 5.95. The van der Waals surface area contributed by atoms with E-state index in [1.807, 2.05) is 16.7 Å². The molecule has 3 heterocycles. The minimum Gasteiger partial charge on any atom is -0.295 e. The van der Waals surface area contributed by atoms with E-state index in [2.05, 4.69) is 15.3 Å². The van der Waals surface area contributed by atoms with Crippen LogP contribution in [0.4, 0.5) is 5.82 Å². The van der Waals surface area contributed by atoms with Crippen LogP contribution >= 0.6 is 0 Å².